The molecule has 0 radical (unpaired) electrons. The number of nitrogens with zero attached hydrogens (tertiary/aromatic N) is 3. The molecule has 0 saturated carbocycles. The first-order valence-electron chi connectivity index (χ1n) is 5.34. The van der Waals surface area contributed by atoms with E-state index in [1.54, 1.807) is 0 Å². The molecule has 0 bridgehead atoms. The summed E-state index contributed by atoms with van der Waals surface area (Å²) in [5, 5.41) is 8.60. The summed E-state index contributed by atoms with van der Waals surface area (Å²) in [6, 6.07) is 5.87. The Balaban J connectivity index is 1.93. The van der Waals surface area contributed by atoms with Crippen molar-refractivity contribution in [1.29, 1.82) is 5.26 Å². The van der Waals surface area contributed by atoms with E-state index in [2.05, 4.69) is 26.9 Å². The molecule has 1 aromatic rings. The van der Waals surface area contributed by atoms with Gasteiger partial charge in [-0.2, -0.15) is 5.26 Å². The van der Waals surface area contributed by atoms with E-state index in [-0.39, 0.29) is 5.91 Å². The van der Waals surface area contributed by atoms with Crippen LogP contribution in [-0.4, -0.2) is 48.4 Å². The van der Waals surface area contributed by atoms with Gasteiger partial charge in [-0.15, -0.1) is 11.3 Å². The quantitative estimate of drug-likeness (QED) is 0.782. The Bertz CT molecular complexity index is 446. The Hall–Kier alpha value is -0.900. The van der Waals surface area contributed by atoms with E-state index in [4.69, 9.17) is 5.26 Å². The summed E-state index contributed by atoms with van der Waals surface area (Å²) < 4.78 is 0.976. The third-order valence-corrected chi connectivity index (χ3v) is 4.35. The van der Waals surface area contributed by atoms with Gasteiger partial charge in [0.1, 0.15) is 0 Å². The fraction of sp³-hybridized carbons (Fsp3) is 0.455. The van der Waals surface area contributed by atoms with Crippen molar-refractivity contribution >= 4 is 33.2 Å². The number of thiophene rings is 1. The molecule has 1 fully saturated rings. The van der Waals surface area contributed by atoms with Gasteiger partial charge in [0.15, 0.2) is 0 Å². The number of halogens is 1. The number of piperazine rings is 1. The van der Waals surface area contributed by atoms with Crippen LogP contribution >= 0.6 is 27.3 Å². The third kappa shape index (κ3) is 3.06. The van der Waals surface area contributed by atoms with Gasteiger partial charge in [-0.25, -0.2) is 0 Å². The minimum Gasteiger partial charge on any atom is -0.335 e. The summed E-state index contributed by atoms with van der Waals surface area (Å²) in [5.74, 6) is 0.0947. The Morgan fingerprint density at radius 2 is 2.12 bits per heavy atom. The Kier molecular flexibility index (Phi) is 4.15. The lowest BCUT2D eigenvalue weighted by molar-refractivity contribution is 0.0656. The molecule has 4 nitrogen and oxygen atoms in total. The number of hydrogen-bond acceptors (Lipinski definition) is 4. The number of hydrogen-bond donors (Lipinski definition) is 0. The van der Waals surface area contributed by atoms with Crippen LogP contribution in [0.25, 0.3) is 0 Å². The number of rotatable bonds is 2. The summed E-state index contributed by atoms with van der Waals surface area (Å²) >= 11 is 4.82. The van der Waals surface area contributed by atoms with Crippen molar-refractivity contribution in [3.8, 4) is 6.07 Å². The van der Waals surface area contributed by atoms with Crippen LogP contribution in [0.15, 0.2) is 15.9 Å². The van der Waals surface area contributed by atoms with Crippen LogP contribution < -0.4 is 0 Å². The van der Waals surface area contributed by atoms with Crippen molar-refractivity contribution in [2.24, 2.45) is 0 Å². The lowest BCUT2D eigenvalue weighted by atomic mass is 10.3. The van der Waals surface area contributed by atoms with Gasteiger partial charge in [0, 0.05) is 26.2 Å². The molecule has 0 atom stereocenters. The normalized spacial score (nSPS) is 16.8. The van der Waals surface area contributed by atoms with E-state index in [9.17, 15) is 4.79 Å². The number of nitriles is 1. The SMILES string of the molecule is N#CCN1CCN(C(=O)c2ccc(Br)s2)CC1. The maximum atomic E-state index is 12.1. The van der Waals surface area contributed by atoms with Crippen LogP contribution in [0.1, 0.15) is 9.67 Å². The van der Waals surface area contributed by atoms with Crippen LogP contribution in [0.2, 0.25) is 0 Å². The molecule has 1 amide bonds. The highest BCUT2D eigenvalue weighted by Crippen LogP contribution is 2.23. The van der Waals surface area contributed by atoms with E-state index in [1.165, 1.54) is 11.3 Å². The first-order chi connectivity index (χ1) is 8.20. The van der Waals surface area contributed by atoms with Crippen LogP contribution in [0.3, 0.4) is 0 Å². The average Bonchev–Trinajstić information content (AvgIpc) is 2.76. The summed E-state index contributed by atoms with van der Waals surface area (Å²) in [6.45, 7) is 3.43. The molecule has 0 aliphatic carbocycles. The van der Waals surface area contributed by atoms with E-state index >= 15 is 0 Å². The van der Waals surface area contributed by atoms with Crippen LogP contribution in [0.4, 0.5) is 0 Å². The van der Waals surface area contributed by atoms with Crippen molar-refractivity contribution < 1.29 is 4.79 Å². The summed E-state index contributed by atoms with van der Waals surface area (Å²) in [6.07, 6.45) is 0. The van der Waals surface area contributed by atoms with Gasteiger partial charge in [-0.1, -0.05) is 0 Å². The molecule has 0 aromatic carbocycles. The molecule has 2 heterocycles. The van der Waals surface area contributed by atoms with Crippen molar-refractivity contribution in [1.82, 2.24) is 9.80 Å². The average molecular weight is 314 g/mol. The number of amides is 1. The minimum absolute atomic E-state index is 0.0947. The maximum Gasteiger partial charge on any atom is 0.264 e. The lowest BCUT2D eigenvalue weighted by Crippen LogP contribution is -2.48. The number of carbonyl (C=O) groups excluding carboxylic acids is 1. The van der Waals surface area contributed by atoms with Gasteiger partial charge in [-0.05, 0) is 28.1 Å². The molecule has 1 aliphatic rings. The van der Waals surface area contributed by atoms with E-state index < -0.39 is 0 Å². The van der Waals surface area contributed by atoms with Gasteiger partial charge in [0.05, 0.1) is 21.3 Å². The molecule has 1 saturated heterocycles. The smallest absolute Gasteiger partial charge is 0.264 e. The summed E-state index contributed by atoms with van der Waals surface area (Å²) in [5.41, 5.74) is 0. The highest BCUT2D eigenvalue weighted by molar-refractivity contribution is 9.11. The lowest BCUT2D eigenvalue weighted by Gasteiger charge is -2.33. The molecule has 0 N–H and O–H groups in total. The van der Waals surface area contributed by atoms with Crippen molar-refractivity contribution in [3.05, 3.63) is 20.8 Å². The topological polar surface area (TPSA) is 47.3 Å². The molecule has 1 aromatic heterocycles. The van der Waals surface area contributed by atoms with Gasteiger partial charge in [-0.3, -0.25) is 9.69 Å². The highest BCUT2D eigenvalue weighted by Gasteiger charge is 2.22. The molecule has 17 heavy (non-hydrogen) atoms. The Morgan fingerprint density at radius 3 is 2.65 bits per heavy atom. The monoisotopic (exact) mass is 313 g/mol. The van der Waals surface area contributed by atoms with Crippen molar-refractivity contribution in [2.45, 2.75) is 0 Å². The predicted molar refractivity (Wildman–Crippen MR) is 70.0 cm³/mol. The second-order valence-corrected chi connectivity index (χ2v) is 6.29. The second-order valence-electron chi connectivity index (χ2n) is 3.83. The zero-order valence-corrected chi connectivity index (χ0v) is 11.6. The standard InChI is InChI=1S/C11H12BrN3OS/c12-10-2-1-9(17-10)11(16)15-7-5-14(4-3-13)6-8-15/h1-2H,4-8H2. The third-order valence-electron chi connectivity index (χ3n) is 2.74. The van der Waals surface area contributed by atoms with Gasteiger partial charge >= 0.3 is 0 Å². The van der Waals surface area contributed by atoms with Crippen molar-refractivity contribution in [2.75, 3.05) is 32.7 Å². The first kappa shape index (κ1) is 12.6. The summed E-state index contributed by atoms with van der Waals surface area (Å²) in [7, 11) is 0. The van der Waals surface area contributed by atoms with Gasteiger partial charge in [0.25, 0.3) is 5.91 Å². The Labute approximate surface area is 113 Å². The fourth-order valence-corrected chi connectivity index (χ4v) is 3.15. The second kappa shape index (κ2) is 5.63. The molecule has 2 rings (SSSR count). The van der Waals surface area contributed by atoms with Gasteiger partial charge in [0.2, 0.25) is 0 Å². The molecule has 1 aliphatic heterocycles. The van der Waals surface area contributed by atoms with Gasteiger partial charge < -0.3 is 4.90 Å². The minimum atomic E-state index is 0.0947. The molecule has 6 heteroatoms. The van der Waals surface area contributed by atoms with E-state index in [0.29, 0.717) is 19.6 Å². The largest absolute Gasteiger partial charge is 0.335 e. The fourth-order valence-electron chi connectivity index (χ4n) is 1.79. The predicted octanol–water partition coefficient (Wildman–Crippen LogP) is 1.79. The molecule has 0 unspecified atom stereocenters. The summed E-state index contributed by atoms with van der Waals surface area (Å²) in [4.78, 5) is 16.8. The van der Waals surface area contributed by atoms with Crippen LogP contribution in [0, 0.1) is 11.3 Å². The molecule has 0 spiro atoms. The van der Waals surface area contributed by atoms with E-state index in [1.807, 2.05) is 17.0 Å². The number of carbonyl (C=O) groups is 1. The zero-order valence-electron chi connectivity index (χ0n) is 9.23. The zero-order chi connectivity index (χ0) is 12.3. The molecular formula is C11H12BrN3OS. The molecular weight excluding hydrogens is 302 g/mol. The highest BCUT2D eigenvalue weighted by atomic mass is 79.9. The molecule has 90 valence electrons. The Morgan fingerprint density at radius 1 is 1.41 bits per heavy atom. The van der Waals surface area contributed by atoms with Crippen LogP contribution in [0.5, 0.6) is 0 Å². The maximum absolute atomic E-state index is 12.1. The van der Waals surface area contributed by atoms with Crippen molar-refractivity contribution in [3.63, 3.8) is 0 Å². The first-order valence-corrected chi connectivity index (χ1v) is 6.95. The van der Waals surface area contributed by atoms with E-state index in [0.717, 1.165) is 21.8 Å². The van der Waals surface area contributed by atoms with Crippen LogP contribution in [-0.2, 0) is 0 Å².